The van der Waals surface area contributed by atoms with Crippen molar-refractivity contribution >= 4 is 27.7 Å². The van der Waals surface area contributed by atoms with Crippen LogP contribution in [0.25, 0.3) is 0 Å². The number of anilines is 1. The van der Waals surface area contributed by atoms with E-state index >= 15 is 0 Å². The molecule has 0 radical (unpaired) electrons. The zero-order valence-corrected chi connectivity index (χ0v) is 11.3. The van der Waals surface area contributed by atoms with Gasteiger partial charge in [-0.15, -0.1) is 0 Å². The molecule has 5 heteroatoms. The number of benzene rings is 2. The maximum Gasteiger partial charge on any atom is 0.417 e. The van der Waals surface area contributed by atoms with Crippen molar-refractivity contribution in [2.75, 3.05) is 5.32 Å². The summed E-state index contributed by atoms with van der Waals surface area (Å²) in [5.41, 5.74) is 0.769. The van der Waals surface area contributed by atoms with Crippen LogP contribution in [0.15, 0.2) is 53.0 Å². The van der Waals surface area contributed by atoms with Gasteiger partial charge in [-0.2, -0.15) is 5.26 Å². The Labute approximate surface area is 118 Å². The van der Waals surface area contributed by atoms with Crippen LogP contribution in [-0.2, 0) is 0 Å². The summed E-state index contributed by atoms with van der Waals surface area (Å²) in [5, 5.41) is 11.5. The second-order valence-corrected chi connectivity index (χ2v) is 4.54. The van der Waals surface area contributed by atoms with Crippen LogP contribution in [0.1, 0.15) is 5.56 Å². The van der Waals surface area contributed by atoms with Crippen LogP contribution < -0.4 is 10.1 Å². The highest BCUT2D eigenvalue weighted by Gasteiger charge is 2.08. The van der Waals surface area contributed by atoms with Crippen LogP contribution in [0.4, 0.5) is 10.5 Å². The fourth-order valence-electron chi connectivity index (χ4n) is 1.45. The molecule has 94 valence electrons. The number of amides is 1. The molecule has 0 unspecified atom stereocenters. The first-order chi connectivity index (χ1) is 9.19. The molecular weight excluding hydrogens is 308 g/mol. The molecule has 0 aromatic heterocycles. The summed E-state index contributed by atoms with van der Waals surface area (Å²) in [4.78, 5) is 11.7. The van der Waals surface area contributed by atoms with Gasteiger partial charge in [0.25, 0.3) is 0 Å². The van der Waals surface area contributed by atoms with Crippen LogP contribution in [0, 0.1) is 11.3 Å². The van der Waals surface area contributed by atoms with Gasteiger partial charge in [0.15, 0.2) is 0 Å². The summed E-state index contributed by atoms with van der Waals surface area (Å²) in [7, 11) is 0. The van der Waals surface area contributed by atoms with E-state index in [9.17, 15) is 4.79 Å². The number of nitriles is 1. The summed E-state index contributed by atoms with van der Waals surface area (Å²) in [6, 6.07) is 15.7. The van der Waals surface area contributed by atoms with Crippen molar-refractivity contribution in [1.82, 2.24) is 0 Å². The third-order valence-electron chi connectivity index (χ3n) is 2.29. The van der Waals surface area contributed by atoms with E-state index < -0.39 is 6.09 Å². The predicted molar refractivity (Wildman–Crippen MR) is 74.9 cm³/mol. The highest BCUT2D eigenvalue weighted by molar-refractivity contribution is 9.10. The number of para-hydroxylation sites is 1. The Bertz CT molecular complexity index is 636. The Morgan fingerprint density at radius 3 is 2.63 bits per heavy atom. The number of rotatable bonds is 2. The van der Waals surface area contributed by atoms with Crippen molar-refractivity contribution in [3.63, 3.8) is 0 Å². The van der Waals surface area contributed by atoms with Crippen molar-refractivity contribution < 1.29 is 9.53 Å². The van der Waals surface area contributed by atoms with Gasteiger partial charge >= 0.3 is 6.09 Å². The number of hydrogen-bond acceptors (Lipinski definition) is 3. The van der Waals surface area contributed by atoms with E-state index in [1.165, 1.54) is 0 Å². The Balaban J connectivity index is 2.10. The van der Waals surface area contributed by atoms with E-state index in [0.717, 1.165) is 4.47 Å². The molecule has 0 heterocycles. The van der Waals surface area contributed by atoms with E-state index in [2.05, 4.69) is 21.2 Å². The fraction of sp³-hybridized carbons (Fsp3) is 0. The van der Waals surface area contributed by atoms with Crippen molar-refractivity contribution in [2.45, 2.75) is 0 Å². The third kappa shape index (κ3) is 3.57. The number of hydrogen-bond donors (Lipinski definition) is 1. The number of nitrogens with one attached hydrogen (secondary N) is 1. The second kappa shape index (κ2) is 6.03. The lowest BCUT2D eigenvalue weighted by Gasteiger charge is -2.08. The van der Waals surface area contributed by atoms with Gasteiger partial charge in [-0.25, -0.2) is 4.79 Å². The van der Waals surface area contributed by atoms with E-state index in [4.69, 9.17) is 10.00 Å². The van der Waals surface area contributed by atoms with Crippen LogP contribution in [0.2, 0.25) is 0 Å². The average Bonchev–Trinajstić information content (AvgIpc) is 2.42. The van der Waals surface area contributed by atoms with Gasteiger partial charge in [0.2, 0.25) is 0 Å². The Morgan fingerprint density at radius 1 is 1.21 bits per heavy atom. The van der Waals surface area contributed by atoms with E-state index in [0.29, 0.717) is 17.0 Å². The Hall–Kier alpha value is -2.32. The lowest BCUT2D eigenvalue weighted by Crippen LogP contribution is -2.17. The minimum absolute atomic E-state index is 0.361. The molecule has 2 aromatic carbocycles. The predicted octanol–water partition coefficient (Wildman–Crippen LogP) is 3.93. The smallest absolute Gasteiger partial charge is 0.410 e. The number of ether oxygens (including phenoxy) is 1. The Kier molecular flexibility index (Phi) is 4.16. The summed E-state index contributed by atoms with van der Waals surface area (Å²) in [5.74, 6) is 0.440. The average molecular weight is 317 g/mol. The zero-order valence-electron chi connectivity index (χ0n) is 9.76. The first-order valence-corrected chi connectivity index (χ1v) is 6.22. The molecule has 0 fully saturated rings. The van der Waals surface area contributed by atoms with E-state index in [-0.39, 0.29) is 0 Å². The lowest BCUT2D eigenvalue weighted by atomic mass is 10.2. The van der Waals surface area contributed by atoms with Crippen LogP contribution in [-0.4, -0.2) is 6.09 Å². The summed E-state index contributed by atoms with van der Waals surface area (Å²) in [6.45, 7) is 0. The van der Waals surface area contributed by atoms with Gasteiger partial charge in [0, 0.05) is 4.47 Å². The lowest BCUT2D eigenvalue weighted by molar-refractivity contribution is 0.215. The first-order valence-electron chi connectivity index (χ1n) is 5.42. The number of carbonyl (C=O) groups is 1. The third-order valence-corrected chi connectivity index (χ3v) is 2.79. The molecule has 2 rings (SSSR count). The number of nitrogens with zero attached hydrogens (tertiary/aromatic N) is 1. The molecule has 1 N–H and O–H groups in total. The molecule has 0 saturated heterocycles. The molecule has 0 aliphatic rings. The van der Waals surface area contributed by atoms with Crippen molar-refractivity contribution in [3.05, 3.63) is 58.6 Å². The molecule has 1 amide bonds. The summed E-state index contributed by atoms with van der Waals surface area (Å²) >= 11 is 3.26. The summed E-state index contributed by atoms with van der Waals surface area (Å²) < 4.78 is 5.85. The minimum Gasteiger partial charge on any atom is -0.410 e. The number of halogens is 1. The maximum atomic E-state index is 11.7. The van der Waals surface area contributed by atoms with Crippen molar-refractivity contribution in [2.24, 2.45) is 0 Å². The van der Waals surface area contributed by atoms with Gasteiger partial charge < -0.3 is 4.74 Å². The highest BCUT2D eigenvalue weighted by atomic mass is 79.9. The molecule has 19 heavy (non-hydrogen) atoms. The molecule has 4 nitrogen and oxygen atoms in total. The van der Waals surface area contributed by atoms with Crippen LogP contribution in [0.3, 0.4) is 0 Å². The summed E-state index contributed by atoms with van der Waals surface area (Å²) in [6.07, 6.45) is -0.634. The second-order valence-electron chi connectivity index (χ2n) is 3.63. The molecular formula is C14H9BrN2O2. The normalized spacial score (nSPS) is 9.47. The van der Waals surface area contributed by atoms with Gasteiger partial charge in [-0.1, -0.05) is 34.1 Å². The molecule has 0 aliphatic carbocycles. The SMILES string of the molecule is N#Cc1cc(Br)ccc1NC(=O)Oc1ccccc1. The molecule has 0 aliphatic heterocycles. The minimum atomic E-state index is -0.634. The molecule has 0 bridgehead atoms. The highest BCUT2D eigenvalue weighted by Crippen LogP contribution is 2.20. The topological polar surface area (TPSA) is 62.1 Å². The standard InChI is InChI=1S/C14H9BrN2O2/c15-11-6-7-13(10(8-11)9-16)17-14(18)19-12-4-2-1-3-5-12/h1-8H,(H,17,18). The van der Waals surface area contributed by atoms with Gasteiger partial charge in [-0.3, -0.25) is 5.32 Å². The molecule has 0 saturated carbocycles. The van der Waals surface area contributed by atoms with Gasteiger partial charge in [-0.05, 0) is 30.3 Å². The fourth-order valence-corrected chi connectivity index (χ4v) is 1.81. The number of carbonyl (C=O) groups excluding carboxylic acids is 1. The van der Waals surface area contributed by atoms with E-state index in [1.54, 1.807) is 42.5 Å². The van der Waals surface area contributed by atoms with Crippen LogP contribution in [0.5, 0.6) is 5.75 Å². The van der Waals surface area contributed by atoms with E-state index in [1.807, 2.05) is 12.1 Å². The largest absolute Gasteiger partial charge is 0.417 e. The monoisotopic (exact) mass is 316 g/mol. The van der Waals surface area contributed by atoms with Gasteiger partial charge in [0.05, 0.1) is 11.3 Å². The van der Waals surface area contributed by atoms with Gasteiger partial charge in [0.1, 0.15) is 11.8 Å². The quantitative estimate of drug-likeness (QED) is 0.913. The van der Waals surface area contributed by atoms with Crippen molar-refractivity contribution in [1.29, 1.82) is 5.26 Å². The van der Waals surface area contributed by atoms with Crippen molar-refractivity contribution in [3.8, 4) is 11.8 Å². The maximum absolute atomic E-state index is 11.7. The zero-order chi connectivity index (χ0) is 13.7. The van der Waals surface area contributed by atoms with Crippen LogP contribution >= 0.6 is 15.9 Å². The molecule has 0 spiro atoms. The Morgan fingerprint density at radius 2 is 1.95 bits per heavy atom. The molecule has 2 aromatic rings. The molecule has 0 atom stereocenters. The first kappa shape index (κ1) is 13.1.